The van der Waals surface area contributed by atoms with Gasteiger partial charge in [-0.1, -0.05) is 42.8 Å². The molecule has 0 fully saturated rings. The fraction of sp³-hybridized carbons (Fsp3) is 0.318. The number of hydrogen-bond donors (Lipinski definition) is 5. The molecular formula is C22H27BrN6O4. The molecule has 0 spiro atoms. The van der Waals surface area contributed by atoms with Gasteiger partial charge in [-0.15, -0.1) is 0 Å². The number of carbonyl (C=O) groups excluding carboxylic acids is 2. The number of nitrogens with zero attached hydrogens (tertiary/aromatic N) is 2. The molecule has 33 heavy (non-hydrogen) atoms. The van der Waals surface area contributed by atoms with Crippen molar-refractivity contribution in [2.24, 2.45) is 16.5 Å². The summed E-state index contributed by atoms with van der Waals surface area (Å²) in [6, 6.07) is 5.85. The maximum Gasteiger partial charge on any atom is 0.305 e. The number of carboxylic acid groups (broad SMARTS) is 1. The molecule has 1 atom stereocenters. The SMILES string of the molecule is CC(C)(C)c1cc(Br)cc([C@H](NC(=O)c2cncc(N=C(N)N)c2)C(=O)NCCC(=O)O)c1. The number of benzene rings is 1. The van der Waals surface area contributed by atoms with E-state index in [-0.39, 0.29) is 35.6 Å². The summed E-state index contributed by atoms with van der Waals surface area (Å²) in [4.78, 5) is 44.6. The number of amides is 2. The molecule has 0 saturated heterocycles. The number of aliphatic carboxylic acids is 1. The Labute approximate surface area is 200 Å². The van der Waals surface area contributed by atoms with E-state index in [9.17, 15) is 14.4 Å². The molecule has 0 saturated carbocycles. The highest BCUT2D eigenvalue weighted by molar-refractivity contribution is 9.10. The first kappa shape index (κ1) is 25.8. The van der Waals surface area contributed by atoms with E-state index in [1.165, 1.54) is 18.5 Å². The summed E-state index contributed by atoms with van der Waals surface area (Å²) in [5.74, 6) is -2.36. The van der Waals surface area contributed by atoms with E-state index in [1.54, 1.807) is 6.07 Å². The molecule has 0 bridgehead atoms. The second-order valence-corrected chi connectivity index (χ2v) is 9.25. The topological polar surface area (TPSA) is 173 Å². The molecule has 0 aliphatic rings. The first-order valence-corrected chi connectivity index (χ1v) is 10.8. The average molecular weight is 519 g/mol. The smallest absolute Gasteiger partial charge is 0.305 e. The Morgan fingerprint density at radius 3 is 2.45 bits per heavy atom. The van der Waals surface area contributed by atoms with E-state index in [4.69, 9.17) is 16.6 Å². The molecule has 2 amide bonds. The van der Waals surface area contributed by atoms with Crippen molar-refractivity contribution in [2.45, 2.75) is 38.6 Å². The zero-order chi connectivity index (χ0) is 24.8. The number of carbonyl (C=O) groups is 3. The van der Waals surface area contributed by atoms with Gasteiger partial charge in [-0.05, 0) is 34.7 Å². The summed E-state index contributed by atoms with van der Waals surface area (Å²) in [6.07, 6.45) is 2.46. The second-order valence-electron chi connectivity index (χ2n) is 8.33. The van der Waals surface area contributed by atoms with Gasteiger partial charge in [-0.3, -0.25) is 19.4 Å². The predicted octanol–water partition coefficient (Wildman–Crippen LogP) is 2.11. The normalized spacial score (nSPS) is 11.9. The molecule has 0 unspecified atom stereocenters. The number of halogens is 1. The van der Waals surface area contributed by atoms with Crippen LogP contribution in [-0.4, -0.2) is 40.4 Å². The van der Waals surface area contributed by atoms with Crippen LogP contribution in [-0.2, 0) is 15.0 Å². The molecule has 0 aliphatic heterocycles. The summed E-state index contributed by atoms with van der Waals surface area (Å²) in [6.45, 7) is 6.00. The van der Waals surface area contributed by atoms with Gasteiger partial charge >= 0.3 is 5.97 Å². The van der Waals surface area contributed by atoms with Crippen LogP contribution >= 0.6 is 15.9 Å². The standard InChI is InChI=1S/C22H27BrN6O4/c1-22(2,3)14-6-12(7-15(23)9-14)18(20(33)27-5-4-17(30)31)29-19(32)13-8-16(11-26-10-13)28-21(24)25/h6-11,18H,4-5H2,1-3H3,(H,27,33)(H,29,32)(H,30,31)(H4,24,25,28)/t18-/m0/s1. The Bertz CT molecular complexity index is 1080. The van der Waals surface area contributed by atoms with Crippen LogP contribution < -0.4 is 22.1 Å². The zero-order valence-corrected chi connectivity index (χ0v) is 20.1. The van der Waals surface area contributed by atoms with Crippen molar-refractivity contribution in [2.75, 3.05) is 6.54 Å². The zero-order valence-electron chi connectivity index (χ0n) is 18.6. The summed E-state index contributed by atoms with van der Waals surface area (Å²) >= 11 is 3.47. The minimum absolute atomic E-state index is 0.0812. The molecule has 2 rings (SSSR count). The van der Waals surface area contributed by atoms with Gasteiger partial charge in [0.15, 0.2) is 5.96 Å². The van der Waals surface area contributed by atoms with Crippen molar-refractivity contribution in [3.63, 3.8) is 0 Å². The molecular weight excluding hydrogens is 492 g/mol. The molecule has 0 radical (unpaired) electrons. The first-order chi connectivity index (χ1) is 15.4. The maximum atomic E-state index is 13.0. The number of hydrogen-bond acceptors (Lipinski definition) is 5. The van der Waals surface area contributed by atoms with E-state index in [2.05, 4.69) is 36.5 Å². The lowest BCUT2D eigenvalue weighted by Gasteiger charge is -2.24. The van der Waals surface area contributed by atoms with Crippen LogP contribution in [0.15, 0.2) is 46.1 Å². The highest BCUT2D eigenvalue weighted by Gasteiger charge is 2.26. The fourth-order valence-electron chi connectivity index (χ4n) is 2.88. The monoisotopic (exact) mass is 518 g/mol. The lowest BCUT2D eigenvalue weighted by Crippen LogP contribution is -2.41. The van der Waals surface area contributed by atoms with Gasteiger partial charge in [0.05, 0.1) is 23.9 Å². The first-order valence-electron chi connectivity index (χ1n) is 10.0. The number of aromatic nitrogens is 1. The number of nitrogens with two attached hydrogens (primary N) is 2. The van der Waals surface area contributed by atoms with Crippen molar-refractivity contribution in [1.29, 1.82) is 0 Å². The Morgan fingerprint density at radius 1 is 1.15 bits per heavy atom. The average Bonchev–Trinajstić information content (AvgIpc) is 2.70. The molecule has 7 N–H and O–H groups in total. The number of guanidine groups is 1. The third kappa shape index (κ3) is 7.86. The molecule has 1 heterocycles. The van der Waals surface area contributed by atoms with Crippen molar-refractivity contribution < 1.29 is 19.5 Å². The van der Waals surface area contributed by atoms with Crippen molar-refractivity contribution in [3.8, 4) is 0 Å². The van der Waals surface area contributed by atoms with Gasteiger partial charge in [0.25, 0.3) is 5.91 Å². The Morgan fingerprint density at radius 2 is 1.85 bits per heavy atom. The molecule has 1 aromatic heterocycles. The van der Waals surface area contributed by atoms with Crippen molar-refractivity contribution in [3.05, 3.63) is 57.8 Å². The number of pyridine rings is 1. The maximum absolute atomic E-state index is 13.0. The fourth-order valence-corrected chi connectivity index (χ4v) is 3.39. The number of aliphatic imine (C=N–C) groups is 1. The number of carboxylic acids is 1. The van der Waals surface area contributed by atoms with Gasteiger partial charge in [-0.2, -0.15) is 0 Å². The van der Waals surface area contributed by atoms with Crippen LogP contribution in [0, 0.1) is 0 Å². The largest absolute Gasteiger partial charge is 0.481 e. The lowest BCUT2D eigenvalue weighted by atomic mass is 9.85. The summed E-state index contributed by atoms with van der Waals surface area (Å²) in [5, 5.41) is 14.1. The molecule has 176 valence electrons. The van der Waals surface area contributed by atoms with Crippen LogP contribution in [0.25, 0.3) is 0 Å². The van der Waals surface area contributed by atoms with Crippen molar-refractivity contribution in [1.82, 2.24) is 15.6 Å². The van der Waals surface area contributed by atoms with E-state index in [0.717, 1.165) is 10.0 Å². The third-order valence-corrected chi connectivity index (χ3v) is 5.00. The predicted molar refractivity (Wildman–Crippen MR) is 128 cm³/mol. The van der Waals surface area contributed by atoms with Crippen LogP contribution in [0.2, 0.25) is 0 Å². The van der Waals surface area contributed by atoms with Gasteiger partial charge in [0.2, 0.25) is 5.91 Å². The van der Waals surface area contributed by atoms with Gasteiger partial charge in [-0.25, -0.2) is 4.99 Å². The minimum Gasteiger partial charge on any atom is -0.481 e. The molecule has 10 nitrogen and oxygen atoms in total. The van der Waals surface area contributed by atoms with Crippen LogP contribution in [0.5, 0.6) is 0 Å². The van der Waals surface area contributed by atoms with E-state index in [1.807, 2.05) is 32.9 Å². The highest BCUT2D eigenvalue weighted by Crippen LogP contribution is 2.29. The molecule has 11 heteroatoms. The Balaban J connectivity index is 2.41. The van der Waals surface area contributed by atoms with E-state index in [0.29, 0.717) is 5.56 Å². The van der Waals surface area contributed by atoms with Gasteiger partial charge in [0, 0.05) is 17.2 Å². The van der Waals surface area contributed by atoms with Crippen LogP contribution in [0.4, 0.5) is 5.69 Å². The molecule has 1 aromatic carbocycles. The number of rotatable bonds is 8. The second kappa shape index (κ2) is 10.9. The Kier molecular flexibility index (Phi) is 8.52. The Hall–Kier alpha value is -3.47. The summed E-state index contributed by atoms with van der Waals surface area (Å²) < 4.78 is 0.735. The van der Waals surface area contributed by atoms with Gasteiger partial charge < -0.3 is 27.2 Å². The van der Waals surface area contributed by atoms with E-state index < -0.39 is 23.8 Å². The molecule has 0 aliphatic carbocycles. The summed E-state index contributed by atoms with van der Waals surface area (Å²) in [7, 11) is 0. The quantitative estimate of drug-likeness (QED) is 0.262. The minimum atomic E-state index is -1.09. The van der Waals surface area contributed by atoms with E-state index >= 15 is 0 Å². The third-order valence-electron chi connectivity index (χ3n) is 4.54. The lowest BCUT2D eigenvalue weighted by molar-refractivity contribution is -0.137. The van der Waals surface area contributed by atoms with Crippen LogP contribution in [0.3, 0.4) is 0 Å². The molecule has 2 aromatic rings. The van der Waals surface area contributed by atoms with Gasteiger partial charge in [0.1, 0.15) is 6.04 Å². The highest BCUT2D eigenvalue weighted by atomic mass is 79.9. The van der Waals surface area contributed by atoms with Crippen LogP contribution in [0.1, 0.15) is 54.7 Å². The van der Waals surface area contributed by atoms with Crippen molar-refractivity contribution >= 4 is 45.4 Å². The summed E-state index contributed by atoms with van der Waals surface area (Å²) in [5.41, 5.74) is 12.4. The number of nitrogens with one attached hydrogen (secondary N) is 2.